The van der Waals surface area contributed by atoms with E-state index in [-0.39, 0.29) is 6.79 Å². The van der Waals surface area contributed by atoms with Crippen LogP contribution in [0, 0.1) is 0 Å². The minimum Gasteiger partial charge on any atom is -0.405 e. The molecule has 0 aliphatic heterocycles. The summed E-state index contributed by atoms with van der Waals surface area (Å²) in [6, 6.07) is 0. The van der Waals surface area contributed by atoms with Gasteiger partial charge >= 0.3 is 6.16 Å². The summed E-state index contributed by atoms with van der Waals surface area (Å²) in [5, 5.41) is 9.34. The summed E-state index contributed by atoms with van der Waals surface area (Å²) in [7, 11) is 1.32. The fraction of sp³-hybridized carbons (Fsp3) is 0.667. The van der Waals surface area contributed by atoms with Crippen LogP contribution in [0.5, 0.6) is 0 Å². The summed E-state index contributed by atoms with van der Waals surface area (Å²) in [6.07, 6.45) is -1.57. The molecule has 7 heavy (non-hydrogen) atoms. The van der Waals surface area contributed by atoms with Gasteiger partial charge in [0.1, 0.15) is 0 Å². The average molecular weight is 105 g/mol. The molecule has 0 N–H and O–H groups in total. The molecule has 0 amide bonds. The van der Waals surface area contributed by atoms with Crippen molar-refractivity contribution in [1.82, 2.24) is 0 Å². The van der Waals surface area contributed by atoms with Gasteiger partial charge < -0.3 is 9.47 Å². The molecule has 0 aromatic heterocycles. The van der Waals surface area contributed by atoms with Crippen molar-refractivity contribution in [2.24, 2.45) is 0 Å². The lowest BCUT2D eigenvalue weighted by Crippen LogP contribution is -2.00. The Kier molecular flexibility index (Phi) is 3.04. The SMILES string of the molecule is COCOC([O])=O. The molecule has 0 aliphatic carbocycles. The molecule has 41 valence electrons. The second-order valence-corrected chi connectivity index (χ2v) is 0.801. The van der Waals surface area contributed by atoms with E-state index in [0.717, 1.165) is 0 Å². The Balaban J connectivity index is 2.82. The standard InChI is InChI=1S/C3H5O4/c1-6-2-7-3(4)5/h2H2,1H3. The number of methoxy groups -OCH3 is 1. The van der Waals surface area contributed by atoms with Gasteiger partial charge in [-0.1, -0.05) is 0 Å². The summed E-state index contributed by atoms with van der Waals surface area (Å²) in [5.41, 5.74) is 0. The van der Waals surface area contributed by atoms with Crippen molar-refractivity contribution in [2.75, 3.05) is 13.9 Å². The average Bonchev–Trinajstić information content (AvgIpc) is 1.61. The molecule has 1 radical (unpaired) electrons. The van der Waals surface area contributed by atoms with Crippen molar-refractivity contribution in [2.45, 2.75) is 0 Å². The number of carbonyl (C=O) groups excluding carboxylic acids is 1. The second-order valence-electron chi connectivity index (χ2n) is 0.801. The maximum absolute atomic E-state index is 9.34. The van der Waals surface area contributed by atoms with Crippen molar-refractivity contribution in [3.63, 3.8) is 0 Å². The number of ether oxygens (including phenoxy) is 2. The van der Waals surface area contributed by atoms with Crippen LogP contribution in [0.4, 0.5) is 4.79 Å². The Bertz CT molecular complexity index is 60.0. The van der Waals surface area contributed by atoms with Gasteiger partial charge in [-0.05, 0) is 0 Å². The van der Waals surface area contributed by atoms with Gasteiger partial charge in [0.05, 0.1) is 0 Å². The number of hydrogen-bond acceptors (Lipinski definition) is 3. The summed E-state index contributed by atoms with van der Waals surface area (Å²) < 4.78 is 7.98. The van der Waals surface area contributed by atoms with Crippen molar-refractivity contribution >= 4 is 6.16 Å². The van der Waals surface area contributed by atoms with E-state index in [4.69, 9.17) is 0 Å². The third-order valence-electron chi connectivity index (χ3n) is 0.295. The van der Waals surface area contributed by atoms with Crippen LogP contribution in [-0.2, 0) is 14.6 Å². The molecule has 0 rings (SSSR count). The fourth-order valence-electron chi connectivity index (χ4n) is 0.107. The Hall–Kier alpha value is -0.770. The molecule has 0 bridgehead atoms. The molecule has 4 nitrogen and oxygen atoms in total. The van der Waals surface area contributed by atoms with E-state index in [0.29, 0.717) is 0 Å². The van der Waals surface area contributed by atoms with E-state index in [2.05, 4.69) is 9.47 Å². The number of carbonyl (C=O) groups is 1. The zero-order chi connectivity index (χ0) is 5.70. The smallest absolute Gasteiger partial charge is 0.405 e. The van der Waals surface area contributed by atoms with E-state index < -0.39 is 6.16 Å². The normalized spacial score (nSPS) is 8.14. The predicted octanol–water partition coefficient (Wildman–Crippen LogP) is 0.157. The van der Waals surface area contributed by atoms with Gasteiger partial charge in [-0.3, -0.25) is 0 Å². The summed E-state index contributed by atoms with van der Waals surface area (Å²) in [5.74, 6) is 0. The first-order valence-electron chi connectivity index (χ1n) is 1.60. The van der Waals surface area contributed by atoms with Crippen LogP contribution >= 0.6 is 0 Å². The minimum absolute atomic E-state index is 0.262. The molecule has 4 heteroatoms. The van der Waals surface area contributed by atoms with E-state index in [1.54, 1.807) is 0 Å². The molecule has 0 spiro atoms. The maximum Gasteiger partial charge on any atom is 0.552 e. The molecule has 0 aromatic carbocycles. The number of hydrogen-bond donors (Lipinski definition) is 0. The van der Waals surface area contributed by atoms with Crippen molar-refractivity contribution in [1.29, 1.82) is 0 Å². The summed E-state index contributed by atoms with van der Waals surface area (Å²) in [4.78, 5) is 9.34. The molecule has 0 unspecified atom stereocenters. The molecule has 0 atom stereocenters. The van der Waals surface area contributed by atoms with Crippen LogP contribution in [0.2, 0.25) is 0 Å². The van der Waals surface area contributed by atoms with E-state index in [9.17, 15) is 9.90 Å². The van der Waals surface area contributed by atoms with E-state index >= 15 is 0 Å². The highest BCUT2D eigenvalue weighted by molar-refractivity contribution is 5.55. The zero-order valence-electron chi connectivity index (χ0n) is 3.84. The summed E-state index contributed by atoms with van der Waals surface area (Å²) in [6.45, 7) is -0.262. The van der Waals surface area contributed by atoms with Crippen LogP contribution < -0.4 is 0 Å². The Morgan fingerprint density at radius 3 is 2.43 bits per heavy atom. The highest BCUT2D eigenvalue weighted by atomic mass is 16.7. The lowest BCUT2D eigenvalue weighted by molar-refractivity contribution is -0.0223. The van der Waals surface area contributed by atoms with Crippen molar-refractivity contribution in [3.8, 4) is 0 Å². The van der Waals surface area contributed by atoms with Gasteiger partial charge in [-0.2, -0.15) is 9.90 Å². The zero-order valence-corrected chi connectivity index (χ0v) is 3.84. The first kappa shape index (κ1) is 6.23. The molecular formula is C3H5O4. The Morgan fingerprint density at radius 1 is 1.71 bits per heavy atom. The topological polar surface area (TPSA) is 55.4 Å². The van der Waals surface area contributed by atoms with Crippen LogP contribution in [0.15, 0.2) is 0 Å². The molecule has 0 heterocycles. The highest BCUT2D eigenvalue weighted by Crippen LogP contribution is 1.74. The Morgan fingerprint density at radius 2 is 2.29 bits per heavy atom. The van der Waals surface area contributed by atoms with Crippen LogP contribution in [0.25, 0.3) is 0 Å². The van der Waals surface area contributed by atoms with Crippen molar-refractivity contribution in [3.05, 3.63) is 0 Å². The first-order chi connectivity index (χ1) is 3.27. The molecule has 0 saturated carbocycles. The first-order valence-corrected chi connectivity index (χ1v) is 1.60. The third kappa shape index (κ3) is 5.23. The van der Waals surface area contributed by atoms with Gasteiger partial charge in [0, 0.05) is 7.11 Å². The quantitative estimate of drug-likeness (QED) is 0.371. The summed E-state index contributed by atoms with van der Waals surface area (Å²) >= 11 is 0. The van der Waals surface area contributed by atoms with Crippen LogP contribution in [0.3, 0.4) is 0 Å². The third-order valence-corrected chi connectivity index (χ3v) is 0.295. The number of rotatable bonds is 2. The highest BCUT2D eigenvalue weighted by Gasteiger charge is 1.93. The largest absolute Gasteiger partial charge is 0.552 e. The molecule has 0 aromatic rings. The molecule has 0 saturated heterocycles. The van der Waals surface area contributed by atoms with Gasteiger partial charge in [0.25, 0.3) is 0 Å². The van der Waals surface area contributed by atoms with Gasteiger partial charge in [-0.15, -0.1) is 0 Å². The van der Waals surface area contributed by atoms with Crippen LogP contribution in [0.1, 0.15) is 0 Å². The van der Waals surface area contributed by atoms with E-state index in [1.807, 2.05) is 0 Å². The lowest BCUT2D eigenvalue weighted by Gasteiger charge is -1.91. The predicted molar refractivity (Wildman–Crippen MR) is 19.0 cm³/mol. The van der Waals surface area contributed by atoms with Gasteiger partial charge in [0.15, 0.2) is 6.79 Å². The Labute approximate surface area is 40.7 Å². The van der Waals surface area contributed by atoms with E-state index in [1.165, 1.54) is 7.11 Å². The molecule has 0 aliphatic rings. The monoisotopic (exact) mass is 105 g/mol. The molecular weight excluding hydrogens is 100 g/mol. The minimum atomic E-state index is -1.57. The van der Waals surface area contributed by atoms with Gasteiger partial charge in [-0.25, -0.2) is 0 Å². The maximum atomic E-state index is 9.34. The lowest BCUT2D eigenvalue weighted by atomic mass is 11.3. The van der Waals surface area contributed by atoms with Gasteiger partial charge in [0.2, 0.25) is 0 Å². The second kappa shape index (κ2) is 3.42. The van der Waals surface area contributed by atoms with Crippen LogP contribution in [-0.4, -0.2) is 20.1 Å². The van der Waals surface area contributed by atoms with Crippen molar-refractivity contribution < 1.29 is 19.4 Å². The molecule has 0 fully saturated rings. The fourth-order valence-corrected chi connectivity index (χ4v) is 0.107.